The van der Waals surface area contributed by atoms with Crippen molar-refractivity contribution >= 4 is 23.0 Å². The smallest absolute Gasteiger partial charge is 0.332 e. The number of fused-ring (bicyclic) bond motifs is 1. The van der Waals surface area contributed by atoms with Crippen molar-refractivity contribution in [3.63, 3.8) is 0 Å². The zero-order chi connectivity index (χ0) is 20.3. The van der Waals surface area contributed by atoms with Gasteiger partial charge in [-0.1, -0.05) is 0 Å². The fraction of sp³-hybridized carbons (Fsp3) is 0.588. The third-order valence-corrected chi connectivity index (χ3v) is 4.75. The number of H-pyrrole nitrogens is 1. The molecule has 2 amide bonds. The van der Waals surface area contributed by atoms with E-state index < -0.39 is 11.2 Å². The van der Waals surface area contributed by atoms with Gasteiger partial charge >= 0.3 is 5.69 Å². The summed E-state index contributed by atoms with van der Waals surface area (Å²) in [7, 11) is 2.94. The number of likely N-dealkylation sites (tertiary alicyclic amines) is 1. The molecule has 2 N–H and O–H groups in total. The number of carbonyl (C=O) groups excluding carboxylic acids is 2. The van der Waals surface area contributed by atoms with Crippen LogP contribution < -0.4 is 16.6 Å². The lowest BCUT2D eigenvalue weighted by molar-refractivity contribution is -0.137. The van der Waals surface area contributed by atoms with Gasteiger partial charge in [-0.25, -0.2) is 9.78 Å². The molecular formula is C17H24N6O5. The molecule has 1 aliphatic rings. The molecule has 0 unspecified atom stereocenters. The van der Waals surface area contributed by atoms with Crippen molar-refractivity contribution in [1.29, 1.82) is 0 Å². The van der Waals surface area contributed by atoms with E-state index in [1.165, 1.54) is 18.7 Å². The number of hydrogen-bond donors (Lipinski definition) is 2. The molecule has 1 fully saturated rings. The van der Waals surface area contributed by atoms with Crippen LogP contribution in [0.3, 0.4) is 0 Å². The minimum Gasteiger partial charge on any atom is -0.362 e. The van der Waals surface area contributed by atoms with Crippen LogP contribution in [0.5, 0.6) is 0 Å². The summed E-state index contributed by atoms with van der Waals surface area (Å²) in [4.78, 5) is 56.6. The van der Waals surface area contributed by atoms with Crippen LogP contribution in [0.15, 0.2) is 9.59 Å². The third-order valence-electron chi connectivity index (χ3n) is 4.75. The molecule has 2 aromatic heterocycles. The van der Waals surface area contributed by atoms with Gasteiger partial charge < -0.3 is 19.9 Å². The average Bonchev–Trinajstić information content (AvgIpc) is 3.35. The first kappa shape index (κ1) is 19.8. The van der Waals surface area contributed by atoms with E-state index in [0.717, 1.165) is 30.5 Å². The molecule has 152 valence electrons. The van der Waals surface area contributed by atoms with E-state index in [9.17, 15) is 19.2 Å². The Morgan fingerprint density at radius 1 is 1.14 bits per heavy atom. The van der Waals surface area contributed by atoms with Crippen LogP contribution >= 0.6 is 0 Å². The van der Waals surface area contributed by atoms with E-state index in [-0.39, 0.29) is 42.7 Å². The van der Waals surface area contributed by atoms with Gasteiger partial charge in [0.1, 0.15) is 24.6 Å². The predicted molar refractivity (Wildman–Crippen MR) is 99.9 cm³/mol. The summed E-state index contributed by atoms with van der Waals surface area (Å²) in [5.74, 6) is 0.0483. The Kier molecular flexibility index (Phi) is 5.93. The highest BCUT2D eigenvalue weighted by atomic mass is 16.5. The molecule has 1 aliphatic heterocycles. The van der Waals surface area contributed by atoms with Crippen molar-refractivity contribution in [3.8, 4) is 0 Å². The summed E-state index contributed by atoms with van der Waals surface area (Å²) in [5.41, 5.74) is -0.380. The number of ether oxygens (including phenoxy) is 1. The van der Waals surface area contributed by atoms with E-state index in [1.54, 1.807) is 4.90 Å². The molecule has 2 aromatic rings. The number of carbonyl (C=O) groups is 2. The number of hydrogen-bond acceptors (Lipinski definition) is 6. The van der Waals surface area contributed by atoms with Crippen LogP contribution in [0, 0.1) is 0 Å². The fourth-order valence-corrected chi connectivity index (χ4v) is 3.15. The SMILES string of the molecule is Cn1c(=O)c2[nH]c(CCNC(=O)COCC(=O)N3CCCC3)nc2n(C)c1=O. The highest BCUT2D eigenvalue weighted by molar-refractivity contribution is 5.79. The van der Waals surface area contributed by atoms with Crippen LogP contribution in [-0.2, 0) is 34.8 Å². The minimum atomic E-state index is -0.454. The molecular weight excluding hydrogens is 368 g/mol. The average molecular weight is 392 g/mol. The number of aromatic amines is 1. The molecule has 0 aliphatic carbocycles. The summed E-state index contributed by atoms with van der Waals surface area (Å²) >= 11 is 0. The van der Waals surface area contributed by atoms with Crippen LogP contribution in [0.25, 0.3) is 11.2 Å². The molecule has 0 saturated carbocycles. The Morgan fingerprint density at radius 2 is 1.86 bits per heavy atom. The standard InChI is InChI=1S/C17H24N6O5/c1-21-15-14(16(26)22(2)17(21)27)19-11(20-15)5-6-18-12(24)9-28-10-13(25)23-7-3-4-8-23/h3-10H2,1-2H3,(H,18,24)(H,19,20). The van der Waals surface area contributed by atoms with Gasteiger partial charge in [-0.3, -0.25) is 23.5 Å². The second-order valence-electron chi connectivity index (χ2n) is 6.77. The maximum atomic E-state index is 12.1. The molecule has 0 bridgehead atoms. The number of nitrogens with one attached hydrogen (secondary N) is 2. The molecule has 0 radical (unpaired) electrons. The van der Waals surface area contributed by atoms with Crippen molar-refractivity contribution < 1.29 is 14.3 Å². The molecule has 0 spiro atoms. The van der Waals surface area contributed by atoms with Crippen molar-refractivity contribution in [2.24, 2.45) is 14.1 Å². The number of rotatable bonds is 7. The highest BCUT2D eigenvalue weighted by Gasteiger charge is 2.18. The van der Waals surface area contributed by atoms with Gasteiger partial charge in [0.2, 0.25) is 11.8 Å². The second kappa shape index (κ2) is 8.38. The largest absolute Gasteiger partial charge is 0.362 e. The summed E-state index contributed by atoms with van der Waals surface area (Å²) in [6.07, 6.45) is 2.37. The van der Waals surface area contributed by atoms with Gasteiger partial charge in [-0.15, -0.1) is 0 Å². The molecule has 28 heavy (non-hydrogen) atoms. The van der Waals surface area contributed by atoms with Gasteiger partial charge in [0, 0.05) is 40.2 Å². The van der Waals surface area contributed by atoms with E-state index in [4.69, 9.17) is 4.74 Å². The Bertz CT molecular complexity index is 998. The van der Waals surface area contributed by atoms with Crippen molar-refractivity contribution in [1.82, 2.24) is 29.3 Å². The van der Waals surface area contributed by atoms with Gasteiger partial charge in [0.05, 0.1) is 0 Å². The maximum absolute atomic E-state index is 12.1. The first-order chi connectivity index (χ1) is 13.4. The van der Waals surface area contributed by atoms with E-state index in [0.29, 0.717) is 12.2 Å². The number of imidazole rings is 1. The van der Waals surface area contributed by atoms with E-state index in [1.807, 2.05) is 0 Å². The lowest BCUT2D eigenvalue weighted by Gasteiger charge is -2.14. The minimum absolute atomic E-state index is 0.0974. The lowest BCUT2D eigenvalue weighted by Crippen LogP contribution is -2.36. The van der Waals surface area contributed by atoms with Crippen molar-refractivity contribution in [3.05, 3.63) is 26.7 Å². The van der Waals surface area contributed by atoms with Crippen molar-refractivity contribution in [2.75, 3.05) is 32.8 Å². The van der Waals surface area contributed by atoms with E-state index >= 15 is 0 Å². The topological polar surface area (TPSA) is 131 Å². The highest BCUT2D eigenvalue weighted by Crippen LogP contribution is 2.07. The predicted octanol–water partition coefficient (Wildman–Crippen LogP) is -1.74. The zero-order valence-electron chi connectivity index (χ0n) is 16.0. The molecule has 3 heterocycles. The second-order valence-corrected chi connectivity index (χ2v) is 6.77. The van der Waals surface area contributed by atoms with Gasteiger partial charge in [0.15, 0.2) is 5.65 Å². The first-order valence-electron chi connectivity index (χ1n) is 9.15. The zero-order valence-corrected chi connectivity index (χ0v) is 16.0. The Hall–Kier alpha value is -2.95. The number of aryl methyl sites for hydroxylation is 1. The van der Waals surface area contributed by atoms with Gasteiger partial charge in [0.25, 0.3) is 5.56 Å². The molecule has 3 rings (SSSR count). The number of nitrogens with zero attached hydrogens (tertiary/aromatic N) is 4. The number of aromatic nitrogens is 4. The van der Waals surface area contributed by atoms with Crippen molar-refractivity contribution in [2.45, 2.75) is 19.3 Å². The monoisotopic (exact) mass is 392 g/mol. The first-order valence-corrected chi connectivity index (χ1v) is 9.15. The summed E-state index contributed by atoms with van der Waals surface area (Å²) < 4.78 is 7.47. The Labute approximate surface area is 160 Å². The summed E-state index contributed by atoms with van der Waals surface area (Å²) in [6.45, 7) is 1.47. The summed E-state index contributed by atoms with van der Waals surface area (Å²) in [5, 5.41) is 2.67. The molecule has 1 saturated heterocycles. The number of amides is 2. The normalized spacial score (nSPS) is 14.0. The molecule has 0 aromatic carbocycles. The lowest BCUT2D eigenvalue weighted by atomic mass is 10.4. The third kappa shape index (κ3) is 4.14. The van der Waals surface area contributed by atoms with Gasteiger partial charge in [-0.2, -0.15) is 0 Å². The summed E-state index contributed by atoms with van der Waals surface area (Å²) in [6, 6.07) is 0. The van der Waals surface area contributed by atoms with Crippen LogP contribution in [0.1, 0.15) is 18.7 Å². The Morgan fingerprint density at radius 3 is 2.57 bits per heavy atom. The van der Waals surface area contributed by atoms with Gasteiger partial charge in [-0.05, 0) is 12.8 Å². The maximum Gasteiger partial charge on any atom is 0.332 e. The van der Waals surface area contributed by atoms with Crippen LogP contribution in [0.2, 0.25) is 0 Å². The van der Waals surface area contributed by atoms with Crippen LogP contribution in [-0.4, -0.2) is 68.7 Å². The quantitative estimate of drug-likeness (QED) is 0.575. The molecule has 11 heteroatoms. The molecule has 11 nitrogen and oxygen atoms in total. The molecule has 0 atom stereocenters. The van der Waals surface area contributed by atoms with Crippen LogP contribution in [0.4, 0.5) is 0 Å². The Balaban J connectivity index is 1.47. The van der Waals surface area contributed by atoms with E-state index in [2.05, 4.69) is 15.3 Å². The fourth-order valence-electron chi connectivity index (χ4n) is 3.15.